The number of aromatic nitrogens is 2. The molecule has 7 heteroatoms. The van der Waals surface area contributed by atoms with E-state index in [4.69, 9.17) is 11.6 Å². The maximum atomic E-state index is 11.9. The molecule has 0 aliphatic rings. The maximum absolute atomic E-state index is 11.9. The smallest absolute Gasteiger partial charge is 0.254 e. The van der Waals surface area contributed by atoms with Gasteiger partial charge in [-0.05, 0) is 11.6 Å². The van der Waals surface area contributed by atoms with Gasteiger partial charge in [-0.2, -0.15) is 5.10 Å². The van der Waals surface area contributed by atoms with E-state index in [1.807, 2.05) is 24.3 Å². The van der Waals surface area contributed by atoms with Crippen molar-refractivity contribution >= 4 is 23.4 Å². The minimum Gasteiger partial charge on any atom is -0.355 e. The summed E-state index contributed by atoms with van der Waals surface area (Å²) in [5.74, 6) is -0.349. The van der Waals surface area contributed by atoms with Gasteiger partial charge in [0.15, 0.2) is 0 Å². The molecule has 0 saturated heterocycles. The second kappa shape index (κ2) is 7.61. The van der Waals surface area contributed by atoms with Crippen LogP contribution in [0.2, 0.25) is 5.02 Å². The molecule has 0 atom stereocenters. The van der Waals surface area contributed by atoms with Gasteiger partial charge in [-0.25, -0.2) is 0 Å². The highest BCUT2D eigenvalue weighted by atomic mass is 35.5. The summed E-state index contributed by atoms with van der Waals surface area (Å²) in [6.07, 6.45) is 3.17. The summed E-state index contributed by atoms with van der Waals surface area (Å²) in [6, 6.07) is 7.50. The Balaban J connectivity index is 1.89. The van der Waals surface area contributed by atoms with E-state index in [-0.39, 0.29) is 11.8 Å². The first-order valence-corrected chi connectivity index (χ1v) is 7.22. The molecule has 6 nitrogen and oxygen atoms in total. The van der Waals surface area contributed by atoms with E-state index in [9.17, 15) is 9.59 Å². The van der Waals surface area contributed by atoms with Crippen LogP contribution in [-0.4, -0.2) is 34.7 Å². The number of rotatable bonds is 6. The van der Waals surface area contributed by atoms with Crippen LogP contribution >= 0.6 is 11.6 Å². The van der Waals surface area contributed by atoms with Gasteiger partial charge in [-0.15, -0.1) is 0 Å². The molecule has 116 valence electrons. The second-order valence-corrected chi connectivity index (χ2v) is 5.16. The fourth-order valence-electron chi connectivity index (χ4n) is 1.89. The van der Waals surface area contributed by atoms with Crippen molar-refractivity contribution in [2.45, 2.75) is 13.5 Å². The molecule has 1 heterocycles. The van der Waals surface area contributed by atoms with Crippen LogP contribution in [0, 0.1) is 0 Å². The van der Waals surface area contributed by atoms with Crippen molar-refractivity contribution < 1.29 is 9.59 Å². The first-order valence-electron chi connectivity index (χ1n) is 6.85. The Labute approximate surface area is 133 Å². The number of carbonyl (C=O) groups is 2. The summed E-state index contributed by atoms with van der Waals surface area (Å²) in [7, 11) is 0. The molecular formula is C15H17ClN4O2. The van der Waals surface area contributed by atoms with Crippen LogP contribution in [0.3, 0.4) is 0 Å². The molecule has 0 aliphatic heterocycles. The Kier molecular flexibility index (Phi) is 5.55. The summed E-state index contributed by atoms with van der Waals surface area (Å²) in [6.45, 7) is 2.70. The lowest BCUT2D eigenvalue weighted by Crippen LogP contribution is -2.33. The fraction of sp³-hybridized carbons (Fsp3) is 0.267. The standard InChI is InChI=1S/C15H17ClN4O2/c1-11(21)17-6-7-18-15(22)13-8-19-20(10-13)9-12-4-2-3-5-14(12)16/h2-5,8,10H,6-7,9H2,1H3,(H,17,21)(H,18,22). The van der Waals surface area contributed by atoms with Gasteiger partial charge in [0, 0.05) is 31.2 Å². The third-order valence-corrected chi connectivity index (χ3v) is 3.34. The van der Waals surface area contributed by atoms with Crippen LogP contribution in [0.1, 0.15) is 22.8 Å². The first kappa shape index (κ1) is 16.0. The molecule has 1 aromatic carbocycles. The van der Waals surface area contributed by atoms with Gasteiger partial charge in [-0.1, -0.05) is 29.8 Å². The third-order valence-electron chi connectivity index (χ3n) is 2.97. The lowest BCUT2D eigenvalue weighted by Gasteiger charge is -2.04. The molecule has 2 rings (SSSR count). The van der Waals surface area contributed by atoms with E-state index < -0.39 is 0 Å². The van der Waals surface area contributed by atoms with Gasteiger partial charge in [0.1, 0.15) is 0 Å². The van der Waals surface area contributed by atoms with Crippen LogP contribution in [0.25, 0.3) is 0 Å². The number of benzene rings is 1. The number of hydrogen-bond acceptors (Lipinski definition) is 3. The van der Waals surface area contributed by atoms with Crippen molar-refractivity contribution in [1.82, 2.24) is 20.4 Å². The normalized spacial score (nSPS) is 10.3. The molecule has 22 heavy (non-hydrogen) atoms. The number of hydrogen-bond donors (Lipinski definition) is 2. The largest absolute Gasteiger partial charge is 0.355 e. The highest BCUT2D eigenvalue weighted by Crippen LogP contribution is 2.16. The van der Waals surface area contributed by atoms with Crippen molar-refractivity contribution in [1.29, 1.82) is 0 Å². The Hall–Kier alpha value is -2.34. The van der Waals surface area contributed by atoms with Crippen molar-refractivity contribution in [3.8, 4) is 0 Å². The highest BCUT2D eigenvalue weighted by molar-refractivity contribution is 6.31. The molecule has 2 aromatic rings. The Bertz CT molecular complexity index is 669. The molecule has 0 bridgehead atoms. The zero-order chi connectivity index (χ0) is 15.9. The highest BCUT2D eigenvalue weighted by Gasteiger charge is 2.09. The maximum Gasteiger partial charge on any atom is 0.254 e. The molecule has 0 spiro atoms. The number of carbonyl (C=O) groups excluding carboxylic acids is 2. The average molecular weight is 321 g/mol. The van der Waals surface area contributed by atoms with Gasteiger partial charge in [-0.3, -0.25) is 14.3 Å². The number of amides is 2. The number of nitrogens with zero attached hydrogens (tertiary/aromatic N) is 2. The molecule has 0 radical (unpaired) electrons. The summed E-state index contributed by atoms with van der Waals surface area (Å²) in [4.78, 5) is 22.6. The van der Waals surface area contributed by atoms with Crippen molar-refractivity contribution in [2.75, 3.05) is 13.1 Å². The lowest BCUT2D eigenvalue weighted by atomic mass is 10.2. The number of nitrogens with one attached hydrogen (secondary N) is 2. The molecule has 0 fully saturated rings. The van der Waals surface area contributed by atoms with Crippen LogP contribution in [0.15, 0.2) is 36.7 Å². The SMILES string of the molecule is CC(=O)NCCNC(=O)c1cnn(Cc2ccccc2Cl)c1. The quantitative estimate of drug-likeness (QED) is 0.791. The zero-order valence-electron chi connectivity index (χ0n) is 12.2. The van der Waals surface area contributed by atoms with Crippen molar-refractivity contribution in [2.24, 2.45) is 0 Å². The summed E-state index contributed by atoms with van der Waals surface area (Å²) >= 11 is 6.10. The predicted octanol–water partition coefficient (Wildman–Crippen LogP) is 1.45. The Morgan fingerprint density at radius 3 is 2.68 bits per heavy atom. The van der Waals surface area contributed by atoms with E-state index in [1.54, 1.807) is 10.9 Å². The molecule has 2 N–H and O–H groups in total. The van der Waals surface area contributed by atoms with Gasteiger partial charge in [0.05, 0.1) is 18.3 Å². The first-order chi connectivity index (χ1) is 10.6. The van der Waals surface area contributed by atoms with E-state index >= 15 is 0 Å². The van der Waals surface area contributed by atoms with Gasteiger partial charge in [0.2, 0.25) is 5.91 Å². The Morgan fingerprint density at radius 2 is 1.95 bits per heavy atom. The third kappa shape index (κ3) is 4.60. The molecule has 1 aromatic heterocycles. The van der Waals surface area contributed by atoms with E-state index in [2.05, 4.69) is 15.7 Å². The van der Waals surface area contributed by atoms with Gasteiger partial charge >= 0.3 is 0 Å². The van der Waals surface area contributed by atoms with Crippen LogP contribution in [-0.2, 0) is 11.3 Å². The average Bonchev–Trinajstić information content (AvgIpc) is 2.94. The van der Waals surface area contributed by atoms with Gasteiger partial charge in [0.25, 0.3) is 5.91 Å². The van der Waals surface area contributed by atoms with Crippen LogP contribution in [0.5, 0.6) is 0 Å². The molecule has 0 unspecified atom stereocenters. The minimum atomic E-state index is -0.226. The van der Waals surface area contributed by atoms with Crippen molar-refractivity contribution in [3.63, 3.8) is 0 Å². The molecule has 0 saturated carbocycles. The zero-order valence-corrected chi connectivity index (χ0v) is 12.9. The molecule has 0 aliphatic carbocycles. The van der Waals surface area contributed by atoms with E-state index in [0.29, 0.717) is 30.2 Å². The lowest BCUT2D eigenvalue weighted by molar-refractivity contribution is -0.118. The second-order valence-electron chi connectivity index (χ2n) is 4.76. The van der Waals surface area contributed by atoms with E-state index in [0.717, 1.165) is 5.56 Å². The van der Waals surface area contributed by atoms with Crippen molar-refractivity contribution in [3.05, 3.63) is 52.8 Å². The minimum absolute atomic E-state index is 0.123. The van der Waals surface area contributed by atoms with Gasteiger partial charge < -0.3 is 10.6 Å². The molecule has 2 amide bonds. The van der Waals surface area contributed by atoms with E-state index in [1.165, 1.54) is 13.1 Å². The fourth-order valence-corrected chi connectivity index (χ4v) is 2.08. The predicted molar refractivity (Wildman–Crippen MR) is 83.8 cm³/mol. The monoisotopic (exact) mass is 320 g/mol. The Morgan fingerprint density at radius 1 is 1.23 bits per heavy atom. The summed E-state index contributed by atoms with van der Waals surface area (Å²) in [5, 5.41) is 10.1. The molecular weight excluding hydrogens is 304 g/mol. The summed E-state index contributed by atoms with van der Waals surface area (Å²) in [5.41, 5.74) is 1.40. The van der Waals surface area contributed by atoms with Crippen LogP contribution in [0.4, 0.5) is 0 Å². The van der Waals surface area contributed by atoms with Crippen LogP contribution < -0.4 is 10.6 Å². The topological polar surface area (TPSA) is 76.0 Å². The summed E-state index contributed by atoms with van der Waals surface area (Å²) < 4.78 is 1.66. The number of halogens is 1.